The summed E-state index contributed by atoms with van der Waals surface area (Å²) in [5, 5.41) is 5.95. The van der Waals surface area contributed by atoms with E-state index in [0.29, 0.717) is 0 Å². The minimum Gasteiger partial charge on any atom is -0.346 e. The average Bonchev–Trinajstić information content (AvgIpc) is 2.93. The third-order valence-electron chi connectivity index (χ3n) is 3.20. The van der Waals surface area contributed by atoms with Crippen molar-refractivity contribution in [3.63, 3.8) is 0 Å². The molecule has 7 heteroatoms. The molecule has 1 aromatic carbocycles. The maximum absolute atomic E-state index is 10.9. The zero-order valence-electron chi connectivity index (χ0n) is 11.1. The number of aromatic nitrogens is 2. The van der Waals surface area contributed by atoms with Gasteiger partial charge in [0.05, 0.1) is 0 Å². The van der Waals surface area contributed by atoms with Gasteiger partial charge < -0.3 is 4.98 Å². The first-order valence-electron chi connectivity index (χ1n) is 6.32. The van der Waals surface area contributed by atoms with Crippen LogP contribution in [-0.4, -0.2) is 18.4 Å². The molecular weight excluding hydrogens is 288 g/mol. The van der Waals surface area contributed by atoms with Gasteiger partial charge in [-0.2, -0.15) is 13.1 Å². The highest BCUT2D eigenvalue weighted by Gasteiger charge is 2.06. The summed E-state index contributed by atoms with van der Waals surface area (Å²) >= 11 is 0. The number of fused-ring (bicyclic) bond motifs is 1. The second-order valence-corrected chi connectivity index (χ2v) is 6.04. The minimum absolute atomic E-state index is 0.176. The monoisotopic (exact) mass is 302 g/mol. The Morgan fingerprint density at radius 2 is 1.90 bits per heavy atom. The number of benzene rings is 1. The van der Waals surface area contributed by atoms with Crippen molar-refractivity contribution < 1.29 is 8.42 Å². The number of H-pyrrole nitrogens is 1. The van der Waals surface area contributed by atoms with Crippen molar-refractivity contribution in [3.8, 4) is 11.1 Å². The van der Waals surface area contributed by atoms with Crippen molar-refractivity contribution in [2.75, 3.05) is 0 Å². The fourth-order valence-electron chi connectivity index (χ4n) is 2.20. The maximum atomic E-state index is 10.9. The molecule has 0 aliphatic rings. The lowest BCUT2D eigenvalue weighted by molar-refractivity contribution is 0.583. The number of pyridine rings is 1. The van der Waals surface area contributed by atoms with Gasteiger partial charge >= 0.3 is 0 Å². The summed E-state index contributed by atoms with van der Waals surface area (Å²) in [7, 11) is -3.67. The summed E-state index contributed by atoms with van der Waals surface area (Å²) in [6.07, 6.45) is 3.61. The van der Waals surface area contributed by atoms with Gasteiger partial charge in [0.25, 0.3) is 10.2 Å². The Balaban J connectivity index is 1.89. The third-order valence-corrected chi connectivity index (χ3v) is 3.75. The van der Waals surface area contributed by atoms with Gasteiger partial charge in [-0.05, 0) is 28.8 Å². The molecular formula is C14H14N4O2S. The van der Waals surface area contributed by atoms with Gasteiger partial charge in [-0.25, -0.2) is 10.1 Å². The zero-order valence-corrected chi connectivity index (χ0v) is 11.9. The van der Waals surface area contributed by atoms with Crippen LogP contribution in [0.1, 0.15) is 5.56 Å². The largest absolute Gasteiger partial charge is 0.346 e. The highest BCUT2D eigenvalue weighted by atomic mass is 32.2. The molecule has 0 atom stereocenters. The van der Waals surface area contributed by atoms with E-state index < -0.39 is 10.2 Å². The predicted octanol–water partition coefficient (Wildman–Crippen LogP) is 1.52. The van der Waals surface area contributed by atoms with E-state index in [1.807, 2.05) is 42.6 Å². The molecule has 6 nitrogen and oxygen atoms in total. The van der Waals surface area contributed by atoms with Crippen LogP contribution in [0.15, 0.2) is 48.8 Å². The Kier molecular flexibility index (Phi) is 3.46. The quantitative estimate of drug-likeness (QED) is 0.681. The van der Waals surface area contributed by atoms with E-state index in [4.69, 9.17) is 5.14 Å². The number of nitrogens with one attached hydrogen (secondary N) is 2. The summed E-state index contributed by atoms with van der Waals surface area (Å²) in [6, 6.07) is 11.6. The van der Waals surface area contributed by atoms with Gasteiger partial charge in [-0.3, -0.25) is 0 Å². The number of nitrogens with zero attached hydrogens (tertiary/aromatic N) is 1. The lowest BCUT2D eigenvalue weighted by Crippen LogP contribution is -2.30. The predicted molar refractivity (Wildman–Crippen MR) is 81.5 cm³/mol. The van der Waals surface area contributed by atoms with Gasteiger partial charge in [0.2, 0.25) is 0 Å². The van der Waals surface area contributed by atoms with Crippen LogP contribution in [0.4, 0.5) is 0 Å². The Morgan fingerprint density at radius 3 is 2.62 bits per heavy atom. The van der Waals surface area contributed by atoms with E-state index in [1.54, 1.807) is 6.20 Å². The molecule has 4 N–H and O–H groups in total. The van der Waals surface area contributed by atoms with Gasteiger partial charge in [0.1, 0.15) is 5.65 Å². The minimum atomic E-state index is -3.67. The van der Waals surface area contributed by atoms with Crippen molar-refractivity contribution in [1.29, 1.82) is 0 Å². The SMILES string of the molecule is NS(=O)(=O)NCc1ccc(-c2ccnc3[nH]ccc23)cc1. The molecule has 2 aromatic heterocycles. The number of hydrogen-bond donors (Lipinski definition) is 3. The van der Waals surface area contributed by atoms with Crippen LogP contribution in [0.25, 0.3) is 22.2 Å². The molecule has 2 heterocycles. The van der Waals surface area contributed by atoms with Gasteiger partial charge in [-0.1, -0.05) is 24.3 Å². The Bertz CT molecular complexity index is 869. The fraction of sp³-hybridized carbons (Fsp3) is 0.0714. The summed E-state index contributed by atoms with van der Waals surface area (Å²) in [5.74, 6) is 0. The highest BCUT2D eigenvalue weighted by molar-refractivity contribution is 7.87. The molecule has 0 bridgehead atoms. The molecule has 0 aliphatic carbocycles. The van der Waals surface area contributed by atoms with E-state index in [2.05, 4.69) is 14.7 Å². The number of hydrogen-bond acceptors (Lipinski definition) is 3. The standard InChI is InChI=1S/C14H14N4O2S/c15-21(19,20)18-9-10-1-3-11(4-2-10)12-5-7-16-14-13(12)6-8-17-14/h1-8,18H,9H2,(H,16,17)(H2,15,19,20). The van der Waals surface area contributed by atoms with Gasteiger partial charge in [0, 0.05) is 24.3 Å². The average molecular weight is 302 g/mol. The zero-order chi connectivity index (χ0) is 14.9. The normalized spacial score (nSPS) is 11.9. The lowest BCUT2D eigenvalue weighted by atomic mass is 10.0. The molecule has 0 fully saturated rings. The molecule has 0 saturated carbocycles. The molecule has 0 aliphatic heterocycles. The van der Waals surface area contributed by atoms with E-state index in [-0.39, 0.29) is 6.54 Å². The van der Waals surface area contributed by atoms with Crippen molar-refractivity contribution >= 4 is 21.2 Å². The Labute approximate surface area is 122 Å². The summed E-state index contributed by atoms with van der Waals surface area (Å²) in [5.41, 5.74) is 3.80. The summed E-state index contributed by atoms with van der Waals surface area (Å²) in [4.78, 5) is 7.33. The van der Waals surface area contributed by atoms with Gasteiger partial charge in [-0.15, -0.1) is 0 Å². The topological polar surface area (TPSA) is 101 Å². The van der Waals surface area contributed by atoms with Crippen molar-refractivity contribution in [2.45, 2.75) is 6.54 Å². The molecule has 21 heavy (non-hydrogen) atoms. The molecule has 0 unspecified atom stereocenters. The summed E-state index contributed by atoms with van der Waals surface area (Å²) in [6.45, 7) is 0.176. The van der Waals surface area contributed by atoms with E-state index >= 15 is 0 Å². The number of nitrogens with two attached hydrogens (primary N) is 1. The molecule has 0 radical (unpaired) electrons. The van der Waals surface area contributed by atoms with Crippen molar-refractivity contribution in [1.82, 2.24) is 14.7 Å². The number of aromatic amines is 1. The van der Waals surface area contributed by atoms with Crippen LogP contribution in [0.5, 0.6) is 0 Å². The number of rotatable bonds is 4. The Hall–Kier alpha value is -2.22. The van der Waals surface area contributed by atoms with Crippen LogP contribution >= 0.6 is 0 Å². The third kappa shape index (κ3) is 3.10. The van der Waals surface area contributed by atoms with Crippen LogP contribution in [0.3, 0.4) is 0 Å². The van der Waals surface area contributed by atoms with Crippen LogP contribution in [0.2, 0.25) is 0 Å². The van der Waals surface area contributed by atoms with Crippen molar-refractivity contribution in [3.05, 3.63) is 54.4 Å². The molecule has 0 spiro atoms. The smallest absolute Gasteiger partial charge is 0.274 e. The van der Waals surface area contributed by atoms with E-state index in [9.17, 15) is 8.42 Å². The highest BCUT2D eigenvalue weighted by Crippen LogP contribution is 2.26. The molecule has 0 saturated heterocycles. The first kappa shape index (κ1) is 13.7. The lowest BCUT2D eigenvalue weighted by Gasteiger charge is -2.06. The molecule has 3 rings (SSSR count). The van der Waals surface area contributed by atoms with Crippen LogP contribution in [0, 0.1) is 0 Å². The first-order chi connectivity index (χ1) is 10.0. The van der Waals surface area contributed by atoms with E-state index in [0.717, 1.165) is 27.7 Å². The maximum Gasteiger partial charge on any atom is 0.274 e. The summed E-state index contributed by atoms with van der Waals surface area (Å²) < 4.78 is 24.0. The second kappa shape index (κ2) is 5.28. The van der Waals surface area contributed by atoms with Crippen LogP contribution in [-0.2, 0) is 16.8 Å². The van der Waals surface area contributed by atoms with Crippen molar-refractivity contribution in [2.24, 2.45) is 5.14 Å². The molecule has 108 valence electrons. The first-order valence-corrected chi connectivity index (χ1v) is 7.86. The Morgan fingerprint density at radius 1 is 1.14 bits per heavy atom. The second-order valence-electron chi connectivity index (χ2n) is 4.66. The molecule has 3 aromatic rings. The molecule has 0 amide bonds. The van der Waals surface area contributed by atoms with E-state index in [1.165, 1.54) is 0 Å². The fourth-order valence-corrected chi connectivity index (χ4v) is 2.57. The van der Waals surface area contributed by atoms with Crippen LogP contribution < -0.4 is 9.86 Å². The van der Waals surface area contributed by atoms with Gasteiger partial charge in [0.15, 0.2) is 0 Å².